The second-order valence-electron chi connectivity index (χ2n) is 4.62. The van der Waals surface area contributed by atoms with Crippen LogP contribution >= 0.6 is 11.6 Å². The second-order valence-corrected chi connectivity index (χ2v) is 5.06. The Hall–Kier alpha value is -1.38. The van der Waals surface area contributed by atoms with Crippen molar-refractivity contribution in [1.29, 1.82) is 0 Å². The highest BCUT2D eigenvalue weighted by Gasteiger charge is 2.11. The van der Waals surface area contributed by atoms with Gasteiger partial charge in [0.05, 0.1) is 0 Å². The molecule has 0 fully saturated rings. The van der Waals surface area contributed by atoms with E-state index in [1.54, 1.807) is 0 Å². The Morgan fingerprint density at radius 3 is 2.68 bits per heavy atom. The standard InChI is InChI=1S/C16H19ClN2/c1-2-8-19-16(14-6-9-18-10-7-14)12-13-4-3-5-15(17)11-13/h3-7,9-11,16,19H,2,8,12H2,1H3. The Morgan fingerprint density at radius 1 is 1.21 bits per heavy atom. The van der Waals surface area contributed by atoms with Crippen molar-refractivity contribution in [2.75, 3.05) is 6.54 Å². The van der Waals surface area contributed by atoms with Crippen molar-refractivity contribution in [3.8, 4) is 0 Å². The van der Waals surface area contributed by atoms with Crippen molar-refractivity contribution in [3.05, 3.63) is 64.9 Å². The zero-order valence-electron chi connectivity index (χ0n) is 11.1. The molecule has 19 heavy (non-hydrogen) atoms. The van der Waals surface area contributed by atoms with Crippen molar-refractivity contribution in [2.24, 2.45) is 0 Å². The number of halogens is 1. The first kappa shape index (κ1) is 14.0. The molecule has 2 aromatic rings. The van der Waals surface area contributed by atoms with Gasteiger partial charge in [-0.2, -0.15) is 0 Å². The van der Waals surface area contributed by atoms with Crippen LogP contribution in [0.1, 0.15) is 30.5 Å². The van der Waals surface area contributed by atoms with E-state index >= 15 is 0 Å². The van der Waals surface area contributed by atoms with Crippen LogP contribution < -0.4 is 5.32 Å². The van der Waals surface area contributed by atoms with Crippen LogP contribution in [-0.4, -0.2) is 11.5 Å². The molecular formula is C16H19ClN2. The van der Waals surface area contributed by atoms with Gasteiger partial charge < -0.3 is 5.32 Å². The minimum absolute atomic E-state index is 0.307. The lowest BCUT2D eigenvalue weighted by Gasteiger charge is -2.19. The minimum atomic E-state index is 0.307. The van der Waals surface area contributed by atoms with Crippen LogP contribution in [0.15, 0.2) is 48.8 Å². The lowest BCUT2D eigenvalue weighted by Crippen LogP contribution is -2.24. The van der Waals surface area contributed by atoms with E-state index in [2.05, 4.69) is 35.4 Å². The number of hydrogen-bond donors (Lipinski definition) is 1. The Labute approximate surface area is 119 Å². The number of nitrogens with one attached hydrogen (secondary N) is 1. The number of nitrogens with zero attached hydrogens (tertiary/aromatic N) is 1. The van der Waals surface area contributed by atoms with Gasteiger partial charge in [0, 0.05) is 23.5 Å². The summed E-state index contributed by atoms with van der Waals surface area (Å²) in [5.41, 5.74) is 2.52. The average molecular weight is 275 g/mol. The average Bonchev–Trinajstić information content (AvgIpc) is 2.44. The zero-order valence-corrected chi connectivity index (χ0v) is 11.9. The van der Waals surface area contributed by atoms with Gasteiger partial charge in [0.2, 0.25) is 0 Å². The summed E-state index contributed by atoms with van der Waals surface area (Å²) in [6, 6.07) is 12.5. The summed E-state index contributed by atoms with van der Waals surface area (Å²) in [7, 11) is 0. The quantitative estimate of drug-likeness (QED) is 0.861. The summed E-state index contributed by atoms with van der Waals surface area (Å²) in [6.07, 6.45) is 5.74. The predicted molar refractivity (Wildman–Crippen MR) is 80.4 cm³/mol. The van der Waals surface area contributed by atoms with Gasteiger partial charge in [-0.15, -0.1) is 0 Å². The molecule has 0 bridgehead atoms. The second kappa shape index (κ2) is 7.27. The highest BCUT2D eigenvalue weighted by atomic mass is 35.5. The van der Waals surface area contributed by atoms with E-state index in [-0.39, 0.29) is 0 Å². The molecule has 0 radical (unpaired) electrons. The summed E-state index contributed by atoms with van der Waals surface area (Å²) in [5, 5.41) is 4.38. The van der Waals surface area contributed by atoms with Crippen molar-refractivity contribution < 1.29 is 0 Å². The molecule has 0 aliphatic heterocycles. The van der Waals surface area contributed by atoms with Gasteiger partial charge in [0.1, 0.15) is 0 Å². The summed E-state index contributed by atoms with van der Waals surface area (Å²) in [6.45, 7) is 3.18. The summed E-state index contributed by atoms with van der Waals surface area (Å²) in [4.78, 5) is 4.08. The Kier molecular flexibility index (Phi) is 5.37. The van der Waals surface area contributed by atoms with E-state index in [1.807, 2.05) is 30.6 Å². The molecule has 0 aliphatic carbocycles. The van der Waals surface area contributed by atoms with E-state index in [4.69, 9.17) is 11.6 Å². The SMILES string of the molecule is CCCNC(Cc1cccc(Cl)c1)c1ccncc1. The topological polar surface area (TPSA) is 24.9 Å². The zero-order chi connectivity index (χ0) is 13.5. The molecule has 0 saturated heterocycles. The Morgan fingerprint density at radius 2 is 2.00 bits per heavy atom. The molecule has 1 atom stereocenters. The normalized spacial score (nSPS) is 12.3. The Balaban J connectivity index is 2.14. The third-order valence-corrected chi connectivity index (χ3v) is 3.31. The van der Waals surface area contributed by atoms with Gasteiger partial charge in [0.25, 0.3) is 0 Å². The maximum Gasteiger partial charge on any atom is 0.0408 e. The van der Waals surface area contributed by atoms with Crippen molar-refractivity contribution in [1.82, 2.24) is 10.3 Å². The van der Waals surface area contributed by atoms with E-state index < -0.39 is 0 Å². The van der Waals surface area contributed by atoms with E-state index in [0.717, 1.165) is 24.4 Å². The molecule has 1 aromatic heterocycles. The van der Waals surface area contributed by atoms with Gasteiger partial charge in [-0.1, -0.05) is 30.7 Å². The van der Waals surface area contributed by atoms with Gasteiger partial charge >= 0.3 is 0 Å². The molecule has 0 spiro atoms. The monoisotopic (exact) mass is 274 g/mol. The fourth-order valence-electron chi connectivity index (χ4n) is 2.12. The van der Waals surface area contributed by atoms with Crippen LogP contribution in [-0.2, 0) is 6.42 Å². The van der Waals surface area contributed by atoms with Gasteiger partial charge in [-0.05, 0) is 54.8 Å². The molecule has 0 amide bonds. The van der Waals surface area contributed by atoms with Gasteiger partial charge in [-0.25, -0.2) is 0 Å². The molecule has 0 saturated carbocycles. The highest BCUT2D eigenvalue weighted by Crippen LogP contribution is 2.20. The number of aromatic nitrogens is 1. The largest absolute Gasteiger partial charge is 0.310 e. The molecular weight excluding hydrogens is 256 g/mol. The number of hydrogen-bond acceptors (Lipinski definition) is 2. The Bertz CT molecular complexity index is 499. The minimum Gasteiger partial charge on any atom is -0.310 e. The van der Waals surface area contributed by atoms with Gasteiger partial charge in [-0.3, -0.25) is 4.98 Å². The van der Waals surface area contributed by atoms with Crippen molar-refractivity contribution >= 4 is 11.6 Å². The molecule has 2 nitrogen and oxygen atoms in total. The first-order valence-electron chi connectivity index (χ1n) is 6.67. The van der Waals surface area contributed by atoms with Crippen molar-refractivity contribution in [2.45, 2.75) is 25.8 Å². The lowest BCUT2D eigenvalue weighted by molar-refractivity contribution is 0.529. The first-order valence-corrected chi connectivity index (χ1v) is 7.05. The lowest BCUT2D eigenvalue weighted by atomic mass is 9.99. The number of pyridine rings is 1. The summed E-state index contributed by atoms with van der Waals surface area (Å²) in [5.74, 6) is 0. The first-order chi connectivity index (χ1) is 9.29. The van der Waals surface area contributed by atoms with Crippen LogP contribution in [0.25, 0.3) is 0 Å². The maximum atomic E-state index is 6.05. The molecule has 3 heteroatoms. The number of rotatable bonds is 6. The van der Waals surface area contributed by atoms with Crippen LogP contribution in [0.3, 0.4) is 0 Å². The van der Waals surface area contributed by atoms with Crippen LogP contribution in [0.2, 0.25) is 5.02 Å². The van der Waals surface area contributed by atoms with E-state index in [0.29, 0.717) is 6.04 Å². The fraction of sp³-hybridized carbons (Fsp3) is 0.312. The van der Waals surface area contributed by atoms with E-state index in [1.165, 1.54) is 11.1 Å². The molecule has 1 heterocycles. The fourth-order valence-corrected chi connectivity index (χ4v) is 2.33. The molecule has 0 aliphatic rings. The maximum absolute atomic E-state index is 6.05. The highest BCUT2D eigenvalue weighted by molar-refractivity contribution is 6.30. The van der Waals surface area contributed by atoms with Gasteiger partial charge in [0.15, 0.2) is 0 Å². The van der Waals surface area contributed by atoms with Crippen LogP contribution in [0, 0.1) is 0 Å². The molecule has 100 valence electrons. The molecule has 1 N–H and O–H groups in total. The third-order valence-electron chi connectivity index (χ3n) is 3.08. The van der Waals surface area contributed by atoms with Crippen LogP contribution in [0.5, 0.6) is 0 Å². The van der Waals surface area contributed by atoms with Crippen molar-refractivity contribution in [3.63, 3.8) is 0 Å². The smallest absolute Gasteiger partial charge is 0.0408 e. The number of benzene rings is 1. The summed E-state index contributed by atoms with van der Waals surface area (Å²) < 4.78 is 0. The van der Waals surface area contributed by atoms with E-state index in [9.17, 15) is 0 Å². The van der Waals surface area contributed by atoms with Crippen LogP contribution in [0.4, 0.5) is 0 Å². The third kappa shape index (κ3) is 4.34. The molecule has 2 rings (SSSR count). The molecule has 1 aromatic carbocycles. The molecule has 1 unspecified atom stereocenters. The summed E-state index contributed by atoms with van der Waals surface area (Å²) >= 11 is 6.05. The predicted octanol–water partition coefficient (Wildman–Crippen LogP) is 4.02.